The number of alkyl halides is 5. The number of rotatable bonds is 4. The van der Waals surface area contributed by atoms with E-state index in [1.807, 2.05) is 0 Å². The summed E-state index contributed by atoms with van der Waals surface area (Å²) in [6, 6.07) is 0. The Hall–Kier alpha value is 1.80. The molecule has 0 aromatic heterocycles. The Morgan fingerprint density at radius 3 is 2.10 bits per heavy atom. The summed E-state index contributed by atoms with van der Waals surface area (Å²) in [7, 11) is 0. The minimum Gasteiger partial charge on any atom is -0.124 e. The van der Waals surface area contributed by atoms with Gasteiger partial charge < -0.3 is 0 Å². The van der Waals surface area contributed by atoms with Crippen LogP contribution in [0, 0.1) is 0 Å². The van der Waals surface area contributed by atoms with Crippen molar-refractivity contribution in [2.75, 3.05) is 11.8 Å². The molecule has 6 heteroatoms. The van der Waals surface area contributed by atoms with Gasteiger partial charge in [0.2, 0.25) is 0 Å². The molecule has 0 saturated carbocycles. The van der Waals surface area contributed by atoms with E-state index in [9.17, 15) is 0 Å². The minimum absolute atomic E-state index is 0.126. The molecule has 0 bridgehead atoms. The fourth-order valence-corrected chi connectivity index (χ4v) is 2.50. The Kier molecular flexibility index (Phi) is 6.43. The predicted octanol–water partition coefficient (Wildman–Crippen LogP) is 3.89. The molecule has 0 aliphatic rings. The van der Waals surface area contributed by atoms with Gasteiger partial charge in [0.15, 0.2) is 3.67 Å². The first-order chi connectivity index (χ1) is 4.52. The molecule has 0 aromatic carbocycles. The molecule has 0 nitrogen and oxygen atoms in total. The number of thioether (sulfide) groups is 1. The maximum Gasteiger partial charge on any atom is 0.178 e. The van der Waals surface area contributed by atoms with Crippen LogP contribution in [0.25, 0.3) is 0 Å². The van der Waals surface area contributed by atoms with E-state index in [0.29, 0.717) is 5.88 Å². The maximum atomic E-state index is 5.65. The van der Waals surface area contributed by atoms with Gasteiger partial charge in [0, 0.05) is 5.88 Å². The number of hydrogen-bond acceptors (Lipinski definition) is 1. The second-order valence-electron chi connectivity index (χ2n) is 1.45. The maximum absolute atomic E-state index is 5.65. The summed E-state index contributed by atoms with van der Waals surface area (Å²) >= 11 is 28.9. The lowest BCUT2D eigenvalue weighted by atomic mass is 10.9. The lowest BCUT2D eigenvalue weighted by Crippen LogP contribution is -2.13. The van der Waals surface area contributed by atoms with Crippen molar-refractivity contribution in [3.05, 3.63) is 0 Å². The Balaban J connectivity index is 3.64. The van der Waals surface area contributed by atoms with Gasteiger partial charge in [-0.25, -0.2) is 0 Å². The van der Waals surface area contributed by atoms with E-state index in [2.05, 4.69) is 0 Å². The first-order valence-electron chi connectivity index (χ1n) is 2.33. The van der Waals surface area contributed by atoms with Crippen LogP contribution in [0.4, 0.5) is 0 Å². The summed E-state index contributed by atoms with van der Waals surface area (Å²) in [4.78, 5) is 0. The average Bonchev–Trinajstić information content (AvgIpc) is 1.87. The summed E-state index contributed by atoms with van der Waals surface area (Å²) in [5, 5.41) is 0. The van der Waals surface area contributed by atoms with E-state index in [-0.39, 0.29) is 10.6 Å². The molecular weight excluding hydrogens is 257 g/mol. The van der Waals surface area contributed by atoms with Crippen LogP contribution in [0.3, 0.4) is 0 Å². The van der Waals surface area contributed by atoms with Crippen molar-refractivity contribution >= 4 is 69.8 Å². The molecule has 1 unspecified atom stereocenters. The van der Waals surface area contributed by atoms with Crippen LogP contribution in [0.2, 0.25) is 0 Å². The molecule has 0 amide bonds. The molecule has 0 heterocycles. The van der Waals surface area contributed by atoms with Crippen LogP contribution in [0.15, 0.2) is 0 Å². The SMILES string of the molecule is ClCC(Cl)SC(Cl)(Cl)CCl. The van der Waals surface area contributed by atoms with Crippen molar-refractivity contribution in [1.82, 2.24) is 0 Å². The topological polar surface area (TPSA) is 0 Å². The van der Waals surface area contributed by atoms with Gasteiger partial charge in [0.05, 0.1) is 10.6 Å². The molecule has 0 spiro atoms. The fraction of sp³-hybridized carbons (Fsp3) is 1.00. The first kappa shape index (κ1) is 11.8. The molecule has 0 rings (SSSR count). The van der Waals surface area contributed by atoms with Crippen LogP contribution >= 0.6 is 69.8 Å². The summed E-state index contributed by atoms with van der Waals surface area (Å²) in [6.45, 7) is 0. The van der Waals surface area contributed by atoms with Crippen molar-refractivity contribution in [2.45, 2.75) is 8.37 Å². The summed E-state index contributed by atoms with van der Waals surface area (Å²) < 4.78 is -1.32. The van der Waals surface area contributed by atoms with Crippen LogP contribution in [-0.2, 0) is 0 Å². The van der Waals surface area contributed by atoms with Gasteiger partial charge in [-0.15, -0.1) is 46.6 Å². The smallest absolute Gasteiger partial charge is 0.124 e. The average molecular weight is 262 g/mol. The zero-order chi connectivity index (χ0) is 8.20. The van der Waals surface area contributed by atoms with Gasteiger partial charge in [-0.05, 0) is 0 Å². The Morgan fingerprint density at radius 1 is 1.30 bits per heavy atom. The molecule has 62 valence electrons. The summed E-state index contributed by atoms with van der Waals surface area (Å²) in [5.74, 6) is 0.422. The van der Waals surface area contributed by atoms with E-state index in [1.54, 1.807) is 0 Å². The molecule has 1 atom stereocenters. The van der Waals surface area contributed by atoms with Crippen LogP contribution in [0.5, 0.6) is 0 Å². The van der Waals surface area contributed by atoms with Gasteiger partial charge in [-0.1, -0.05) is 23.2 Å². The molecule has 0 aromatic rings. The molecule has 10 heavy (non-hydrogen) atoms. The second kappa shape index (κ2) is 5.45. The molecule has 0 saturated heterocycles. The lowest BCUT2D eigenvalue weighted by Gasteiger charge is -2.17. The third-order valence-electron chi connectivity index (χ3n) is 0.577. The monoisotopic (exact) mass is 260 g/mol. The molecule has 0 N–H and O–H groups in total. The van der Waals surface area contributed by atoms with Gasteiger partial charge in [-0.3, -0.25) is 0 Å². The zero-order valence-electron chi connectivity index (χ0n) is 4.79. The molecular formula is C4H5Cl5S. The highest BCUT2D eigenvalue weighted by Crippen LogP contribution is 2.40. The zero-order valence-corrected chi connectivity index (χ0v) is 9.39. The fourth-order valence-electron chi connectivity index (χ4n) is 0.250. The van der Waals surface area contributed by atoms with Crippen LogP contribution < -0.4 is 0 Å². The van der Waals surface area contributed by atoms with Crippen LogP contribution in [0.1, 0.15) is 0 Å². The molecule has 0 fully saturated rings. The molecule has 0 radical (unpaired) electrons. The van der Waals surface area contributed by atoms with E-state index in [1.165, 1.54) is 0 Å². The predicted molar refractivity (Wildman–Crippen MR) is 53.1 cm³/mol. The van der Waals surface area contributed by atoms with E-state index in [0.717, 1.165) is 11.8 Å². The van der Waals surface area contributed by atoms with Gasteiger partial charge in [-0.2, -0.15) is 0 Å². The van der Waals surface area contributed by atoms with Crippen molar-refractivity contribution in [1.29, 1.82) is 0 Å². The van der Waals surface area contributed by atoms with Crippen molar-refractivity contribution in [2.24, 2.45) is 0 Å². The van der Waals surface area contributed by atoms with Crippen molar-refractivity contribution in [3.63, 3.8) is 0 Å². The van der Waals surface area contributed by atoms with Crippen molar-refractivity contribution in [3.8, 4) is 0 Å². The standard InChI is InChI=1S/C4H5Cl5S/c5-1-3(7)10-4(8,9)2-6/h3H,1-2H2. The highest BCUT2D eigenvalue weighted by Gasteiger charge is 2.26. The molecule has 0 aliphatic carbocycles. The highest BCUT2D eigenvalue weighted by molar-refractivity contribution is 8.05. The third kappa shape index (κ3) is 5.45. The Bertz CT molecular complexity index is 95.6. The van der Waals surface area contributed by atoms with Gasteiger partial charge >= 0.3 is 0 Å². The Labute approximate surface area is 89.5 Å². The van der Waals surface area contributed by atoms with Gasteiger partial charge in [0.1, 0.15) is 0 Å². The minimum atomic E-state index is -1.02. The largest absolute Gasteiger partial charge is 0.178 e. The first-order valence-corrected chi connectivity index (χ1v) is 5.47. The molecule has 0 aliphatic heterocycles. The Morgan fingerprint density at radius 2 is 1.80 bits per heavy atom. The van der Waals surface area contributed by atoms with E-state index in [4.69, 9.17) is 58.0 Å². The quantitative estimate of drug-likeness (QED) is 0.693. The lowest BCUT2D eigenvalue weighted by molar-refractivity contribution is 1.27. The highest BCUT2D eigenvalue weighted by atomic mass is 35.5. The third-order valence-corrected chi connectivity index (χ3v) is 4.19. The van der Waals surface area contributed by atoms with E-state index < -0.39 is 3.67 Å². The number of hydrogen-bond donors (Lipinski definition) is 0. The summed E-state index contributed by atoms with van der Waals surface area (Å²) in [6.07, 6.45) is 0. The number of halogens is 5. The summed E-state index contributed by atoms with van der Waals surface area (Å²) in [5.41, 5.74) is 0. The normalized spacial score (nSPS) is 15.3. The second-order valence-corrected chi connectivity index (χ2v) is 6.25. The van der Waals surface area contributed by atoms with Crippen molar-refractivity contribution < 1.29 is 0 Å². The van der Waals surface area contributed by atoms with E-state index >= 15 is 0 Å². The van der Waals surface area contributed by atoms with Crippen LogP contribution in [-0.4, -0.2) is 20.1 Å². The van der Waals surface area contributed by atoms with Gasteiger partial charge in [0.25, 0.3) is 0 Å².